The van der Waals surface area contributed by atoms with Crippen molar-refractivity contribution in [3.8, 4) is 0 Å². The Kier molecular flexibility index (Phi) is 6.04. The summed E-state index contributed by atoms with van der Waals surface area (Å²) in [5, 5.41) is 3.13. The van der Waals surface area contributed by atoms with E-state index in [1.165, 1.54) is 7.11 Å². The molecule has 0 aliphatic heterocycles. The minimum atomic E-state index is -0.611. The van der Waals surface area contributed by atoms with Crippen LogP contribution in [0.5, 0.6) is 0 Å². The second-order valence-corrected chi connectivity index (χ2v) is 4.57. The molecule has 0 radical (unpaired) electrons. The van der Waals surface area contributed by atoms with Crippen molar-refractivity contribution in [2.75, 3.05) is 13.7 Å². The Morgan fingerprint density at radius 2 is 2.21 bits per heavy atom. The minimum absolute atomic E-state index is 0.229. The smallest absolute Gasteiger partial charge is 0.325 e. The highest BCUT2D eigenvalue weighted by Crippen LogP contribution is 2.15. The van der Waals surface area contributed by atoms with Crippen molar-refractivity contribution >= 4 is 21.9 Å². The van der Waals surface area contributed by atoms with Gasteiger partial charge in [0.15, 0.2) is 0 Å². The molecule has 0 aromatic heterocycles. The van der Waals surface area contributed by atoms with E-state index in [0.29, 0.717) is 6.54 Å². The molecular formula is C10H18BrNO2. The molecule has 0 rings (SSSR count). The van der Waals surface area contributed by atoms with Crippen LogP contribution in [0, 0.1) is 0 Å². The summed E-state index contributed by atoms with van der Waals surface area (Å²) in [6.07, 6.45) is 1.67. The Morgan fingerprint density at radius 3 is 2.57 bits per heavy atom. The van der Waals surface area contributed by atoms with E-state index in [0.717, 1.165) is 17.3 Å². The third-order valence-electron chi connectivity index (χ3n) is 2.06. The van der Waals surface area contributed by atoms with Gasteiger partial charge < -0.3 is 4.74 Å². The predicted molar refractivity (Wildman–Crippen MR) is 61.4 cm³/mol. The lowest BCUT2D eigenvalue weighted by atomic mass is 9.96. The van der Waals surface area contributed by atoms with E-state index in [1.54, 1.807) is 0 Å². The van der Waals surface area contributed by atoms with Gasteiger partial charge >= 0.3 is 5.97 Å². The van der Waals surface area contributed by atoms with Crippen molar-refractivity contribution in [1.29, 1.82) is 0 Å². The zero-order valence-electron chi connectivity index (χ0n) is 9.02. The van der Waals surface area contributed by atoms with E-state index < -0.39 is 5.54 Å². The number of nitrogens with one attached hydrogen (secondary N) is 1. The van der Waals surface area contributed by atoms with Crippen LogP contribution in [0.15, 0.2) is 11.1 Å². The lowest BCUT2D eigenvalue weighted by molar-refractivity contribution is -0.148. The lowest BCUT2D eigenvalue weighted by Gasteiger charge is -2.27. The Labute approximate surface area is 94.0 Å². The van der Waals surface area contributed by atoms with Crippen LogP contribution in [0.2, 0.25) is 0 Å². The normalized spacial score (nSPS) is 14.6. The van der Waals surface area contributed by atoms with Gasteiger partial charge in [0.1, 0.15) is 5.54 Å². The number of halogens is 1. The number of methoxy groups -OCH3 is 1. The molecule has 4 heteroatoms. The first-order valence-electron chi connectivity index (χ1n) is 4.63. The summed E-state index contributed by atoms with van der Waals surface area (Å²) in [5.41, 5.74) is -0.611. The topological polar surface area (TPSA) is 38.3 Å². The molecule has 0 aromatic rings. The highest BCUT2D eigenvalue weighted by Gasteiger charge is 2.32. The van der Waals surface area contributed by atoms with Crippen molar-refractivity contribution in [2.45, 2.75) is 32.2 Å². The van der Waals surface area contributed by atoms with Gasteiger partial charge in [-0.1, -0.05) is 35.9 Å². The highest BCUT2D eigenvalue weighted by atomic mass is 79.9. The third kappa shape index (κ3) is 4.24. The van der Waals surface area contributed by atoms with Crippen molar-refractivity contribution in [2.24, 2.45) is 0 Å². The van der Waals surface area contributed by atoms with Gasteiger partial charge in [0.05, 0.1) is 7.11 Å². The van der Waals surface area contributed by atoms with E-state index in [1.807, 2.05) is 13.8 Å². The molecule has 0 aliphatic rings. The Bertz CT molecular complexity index is 218. The van der Waals surface area contributed by atoms with Crippen LogP contribution in [-0.4, -0.2) is 25.2 Å². The fraction of sp³-hybridized carbons (Fsp3) is 0.700. The average molecular weight is 264 g/mol. The fourth-order valence-electron chi connectivity index (χ4n) is 1.28. The van der Waals surface area contributed by atoms with Gasteiger partial charge in [-0.15, -0.1) is 0 Å². The monoisotopic (exact) mass is 263 g/mol. The largest absolute Gasteiger partial charge is 0.468 e. The van der Waals surface area contributed by atoms with Crippen molar-refractivity contribution in [1.82, 2.24) is 5.32 Å². The first-order chi connectivity index (χ1) is 6.46. The first-order valence-corrected chi connectivity index (χ1v) is 5.42. The maximum atomic E-state index is 11.5. The number of rotatable bonds is 6. The average Bonchev–Trinajstić information content (AvgIpc) is 2.14. The molecule has 0 aromatic carbocycles. The van der Waals surface area contributed by atoms with E-state index in [-0.39, 0.29) is 5.97 Å². The van der Waals surface area contributed by atoms with Crippen molar-refractivity contribution in [3.05, 3.63) is 11.1 Å². The summed E-state index contributed by atoms with van der Waals surface area (Å²) in [4.78, 5) is 11.5. The number of carbonyl (C=O) groups is 1. The SMILES string of the molecule is C=C(Br)CN[C@](C)(CCC)C(=O)OC. The van der Waals surface area contributed by atoms with E-state index in [4.69, 9.17) is 4.74 Å². The van der Waals surface area contributed by atoms with Gasteiger partial charge in [-0.05, 0) is 13.3 Å². The molecule has 0 spiro atoms. The van der Waals surface area contributed by atoms with Crippen LogP contribution in [0.4, 0.5) is 0 Å². The summed E-state index contributed by atoms with van der Waals surface area (Å²) in [7, 11) is 1.40. The minimum Gasteiger partial charge on any atom is -0.468 e. The highest BCUT2D eigenvalue weighted by molar-refractivity contribution is 9.11. The Morgan fingerprint density at radius 1 is 1.64 bits per heavy atom. The van der Waals surface area contributed by atoms with Gasteiger partial charge in [0.25, 0.3) is 0 Å². The number of hydrogen-bond acceptors (Lipinski definition) is 3. The summed E-state index contributed by atoms with van der Waals surface area (Å²) in [5.74, 6) is -0.229. The molecule has 14 heavy (non-hydrogen) atoms. The summed E-state index contributed by atoms with van der Waals surface area (Å²) in [6, 6.07) is 0. The molecule has 1 atom stereocenters. The van der Waals surface area contributed by atoms with E-state index in [9.17, 15) is 4.79 Å². The second-order valence-electron chi connectivity index (χ2n) is 3.44. The number of esters is 1. The molecule has 0 saturated carbocycles. The summed E-state index contributed by atoms with van der Waals surface area (Å²) < 4.78 is 5.58. The molecule has 0 aliphatic carbocycles. The van der Waals surface area contributed by atoms with Gasteiger partial charge in [-0.3, -0.25) is 10.1 Å². The Hall–Kier alpha value is -0.350. The maximum Gasteiger partial charge on any atom is 0.325 e. The van der Waals surface area contributed by atoms with Gasteiger partial charge in [0, 0.05) is 11.0 Å². The van der Waals surface area contributed by atoms with Gasteiger partial charge in [0.2, 0.25) is 0 Å². The summed E-state index contributed by atoms with van der Waals surface area (Å²) >= 11 is 3.24. The van der Waals surface area contributed by atoms with Gasteiger partial charge in [-0.2, -0.15) is 0 Å². The quantitative estimate of drug-likeness (QED) is 0.747. The van der Waals surface area contributed by atoms with Crippen LogP contribution < -0.4 is 5.32 Å². The standard InChI is InChI=1S/C10H18BrNO2/c1-5-6-10(3,9(13)14-4)12-7-8(2)11/h12H,2,5-7H2,1,3-4H3/t10-/m1/s1. The molecule has 0 saturated heterocycles. The Balaban J connectivity index is 4.38. The number of ether oxygens (including phenoxy) is 1. The van der Waals surface area contributed by atoms with Crippen molar-refractivity contribution in [3.63, 3.8) is 0 Å². The maximum absolute atomic E-state index is 11.5. The third-order valence-corrected chi connectivity index (χ3v) is 2.34. The molecule has 0 unspecified atom stereocenters. The number of hydrogen-bond donors (Lipinski definition) is 1. The zero-order chi connectivity index (χ0) is 11.2. The van der Waals surface area contributed by atoms with Crippen LogP contribution in [0.3, 0.4) is 0 Å². The van der Waals surface area contributed by atoms with Crippen LogP contribution in [0.25, 0.3) is 0 Å². The van der Waals surface area contributed by atoms with Crippen LogP contribution in [-0.2, 0) is 9.53 Å². The van der Waals surface area contributed by atoms with Gasteiger partial charge in [-0.25, -0.2) is 0 Å². The first kappa shape index (κ1) is 13.7. The molecule has 3 nitrogen and oxygen atoms in total. The molecule has 1 N–H and O–H groups in total. The molecule has 0 fully saturated rings. The van der Waals surface area contributed by atoms with Crippen molar-refractivity contribution < 1.29 is 9.53 Å². The predicted octanol–water partition coefficient (Wildman–Crippen LogP) is 2.22. The van der Waals surface area contributed by atoms with Crippen LogP contribution >= 0.6 is 15.9 Å². The molecular weight excluding hydrogens is 246 g/mol. The molecule has 0 amide bonds. The van der Waals surface area contributed by atoms with Crippen LogP contribution in [0.1, 0.15) is 26.7 Å². The molecule has 82 valence electrons. The second kappa shape index (κ2) is 6.19. The van der Waals surface area contributed by atoms with E-state index >= 15 is 0 Å². The van der Waals surface area contributed by atoms with E-state index in [2.05, 4.69) is 27.8 Å². The fourth-order valence-corrected chi connectivity index (χ4v) is 1.42. The molecule has 0 heterocycles. The number of carbonyl (C=O) groups excluding carboxylic acids is 1. The lowest BCUT2D eigenvalue weighted by Crippen LogP contribution is -2.50. The summed E-state index contributed by atoms with van der Waals surface area (Å²) in [6.45, 7) is 8.15. The molecule has 0 bridgehead atoms. The zero-order valence-corrected chi connectivity index (χ0v) is 10.6.